The van der Waals surface area contributed by atoms with Crippen LogP contribution < -0.4 is 10.6 Å². The molecule has 1 aromatic rings. The van der Waals surface area contributed by atoms with Crippen molar-refractivity contribution in [2.75, 3.05) is 18.5 Å². The predicted molar refractivity (Wildman–Crippen MR) is 67.2 cm³/mol. The lowest BCUT2D eigenvalue weighted by Gasteiger charge is -2.20. The maximum absolute atomic E-state index is 11.4. The van der Waals surface area contributed by atoms with E-state index in [1.54, 1.807) is 0 Å². The second kappa shape index (κ2) is 5.24. The van der Waals surface area contributed by atoms with Gasteiger partial charge in [-0.25, -0.2) is 9.78 Å². The smallest absolute Gasteiger partial charge is 0.320 e. The Bertz CT molecular complexity index is 549. The summed E-state index contributed by atoms with van der Waals surface area (Å²) in [5, 5.41) is 43.9. The van der Waals surface area contributed by atoms with Crippen molar-refractivity contribution < 1.29 is 30.0 Å². The molecule has 2 aliphatic rings. The summed E-state index contributed by atoms with van der Waals surface area (Å²) in [6, 6.07) is -0.501. The highest BCUT2D eigenvalue weighted by Gasteiger charge is 2.45. The van der Waals surface area contributed by atoms with E-state index in [-0.39, 0.29) is 18.1 Å². The van der Waals surface area contributed by atoms with E-state index in [1.807, 2.05) is 0 Å². The highest BCUT2D eigenvalue weighted by Crippen LogP contribution is 2.34. The number of urea groups is 1. The Balaban J connectivity index is 1.96. The van der Waals surface area contributed by atoms with Gasteiger partial charge in [-0.15, -0.1) is 0 Å². The number of hydrogen-bond acceptors (Lipinski definition) is 7. The molecular weight excluding hydrogens is 284 g/mol. The first-order chi connectivity index (χ1) is 10.0. The molecule has 0 saturated carbocycles. The Morgan fingerprint density at radius 2 is 2.14 bits per heavy atom. The maximum Gasteiger partial charge on any atom is 0.320 e. The van der Waals surface area contributed by atoms with Gasteiger partial charge in [0, 0.05) is 0 Å². The van der Waals surface area contributed by atoms with Crippen LogP contribution in [0.2, 0.25) is 0 Å². The number of aliphatic hydroxyl groups excluding tert-OH is 4. The third-order valence-corrected chi connectivity index (χ3v) is 3.63. The number of carbonyl (C=O) groups excluding carboxylic acids is 1. The fraction of sp³-hybridized carbons (Fsp3) is 0.636. The Labute approximate surface area is 119 Å². The van der Waals surface area contributed by atoms with Gasteiger partial charge in [0.25, 0.3) is 0 Å². The van der Waals surface area contributed by atoms with E-state index in [0.29, 0.717) is 0 Å². The van der Waals surface area contributed by atoms with Crippen LogP contribution in [0.5, 0.6) is 0 Å². The Morgan fingerprint density at radius 1 is 1.38 bits per heavy atom. The summed E-state index contributed by atoms with van der Waals surface area (Å²) in [5.74, 6) is 0.148. The highest BCUT2D eigenvalue weighted by molar-refractivity contribution is 5.89. The number of aliphatic hydroxyl groups is 4. The zero-order valence-corrected chi connectivity index (χ0v) is 10.9. The first-order valence-electron chi connectivity index (χ1n) is 6.45. The van der Waals surface area contributed by atoms with Gasteiger partial charge in [-0.3, -0.25) is 5.32 Å². The second-order valence-electron chi connectivity index (χ2n) is 4.97. The van der Waals surface area contributed by atoms with Crippen LogP contribution in [0.4, 0.5) is 10.6 Å². The standard InChI is InChI=1S/C11H16N4O6/c16-2-5-7(18)8(19)10(21-5)15-3-13-9-6(15)4(17)1-12-11(20)14-9/h3-5,7-8,10,16-19H,1-2H2,(H2,12,14,20)/t4?,5-,7-,8-,10?/m1/s1. The first kappa shape index (κ1) is 14.2. The van der Waals surface area contributed by atoms with Gasteiger partial charge in [-0.05, 0) is 0 Å². The van der Waals surface area contributed by atoms with Gasteiger partial charge in [-0.1, -0.05) is 0 Å². The van der Waals surface area contributed by atoms with Crippen LogP contribution >= 0.6 is 0 Å². The average Bonchev–Trinajstić information content (AvgIpc) is 2.95. The molecule has 6 N–H and O–H groups in total. The van der Waals surface area contributed by atoms with Gasteiger partial charge in [0.1, 0.15) is 24.4 Å². The summed E-state index contributed by atoms with van der Waals surface area (Å²) in [5.41, 5.74) is 0.253. The molecule has 21 heavy (non-hydrogen) atoms. The average molecular weight is 300 g/mol. The minimum atomic E-state index is -1.29. The van der Waals surface area contributed by atoms with Crippen LogP contribution in [0.3, 0.4) is 0 Å². The van der Waals surface area contributed by atoms with E-state index < -0.39 is 43.3 Å². The summed E-state index contributed by atoms with van der Waals surface area (Å²) in [6.07, 6.45) is -4.26. The van der Waals surface area contributed by atoms with Crippen molar-refractivity contribution >= 4 is 11.8 Å². The van der Waals surface area contributed by atoms with Crippen LogP contribution in [0.25, 0.3) is 0 Å². The van der Waals surface area contributed by atoms with Gasteiger partial charge >= 0.3 is 6.03 Å². The van der Waals surface area contributed by atoms with Crippen molar-refractivity contribution in [1.29, 1.82) is 0 Å². The van der Waals surface area contributed by atoms with Crippen molar-refractivity contribution in [3.63, 3.8) is 0 Å². The molecule has 10 heteroatoms. The number of rotatable bonds is 2. The van der Waals surface area contributed by atoms with Gasteiger partial charge in [0.2, 0.25) is 0 Å². The monoisotopic (exact) mass is 300 g/mol. The van der Waals surface area contributed by atoms with Crippen molar-refractivity contribution in [1.82, 2.24) is 14.9 Å². The van der Waals surface area contributed by atoms with Gasteiger partial charge < -0.3 is 35.0 Å². The highest BCUT2D eigenvalue weighted by atomic mass is 16.6. The zero-order valence-electron chi connectivity index (χ0n) is 10.9. The number of amides is 2. The second-order valence-corrected chi connectivity index (χ2v) is 4.97. The molecule has 0 aromatic carbocycles. The van der Waals surface area contributed by atoms with E-state index in [9.17, 15) is 20.1 Å². The first-order valence-corrected chi connectivity index (χ1v) is 6.45. The van der Waals surface area contributed by atoms with E-state index in [0.717, 1.165) is 0 Å². The Hall–Kier alpha value is -1.72. The molecule has 10 nitrogen and oxygen atoms in total. The fourth-order valence-electron chi connectivity index (χ4n) is 2.55. The van der Waals surface area contributed by atoms with Crippen LogP contribution in [0.15, 0.2) is 6.33 Å². The van der Waals surface area contributed by atoms with Crippen molar-refractivity contribution in [3.05, 3.63) is 12.0 Å². The predicted octanol–water partition coefficient (Wildman–Crippen LogP) is -2.34. The largest absolute Gasteiger partial charge is 0.394 e. The van der Waals surface area contributed by atoms with E-state index >= 15 is 0 Å². The molecule has 0 radical (unpaired) electrons. The van der Waals surface area contributed by atoms with Gasteiger partial charge in [-0.2, -0.15) is 0 Å². The van der Waals surface area contributed by atoms with E-state index in [4.69, 9.17) is 9.84 Å². The number of aromatic nitrogens is 2. The molecule has 0 spiro atoms. The molecule has 2 unspecified atom stereocenters. The third kappa shape index (κ3) is 2.26. The van der Waals surface area contributed by atoms with E-state index in [1.165, 1.54) is 10.9 Å². The Morgan fingerprint density at radius 3 is 2.81 bits per heavy atom. The minimum absolute atomic E-state index is 0.0284. The van der Waals surface area contributed by atoms with Crippen molar-refractivity contribution in [2.45, 2.75) is 30.6 Å². The number of ether oxygens (including phenoxy) is 1. The SMILES string of the molecule is O=C1NCC(O)c2c(ncn2C2O[C@H](CO)[C@@H](O)[C@H]2O)N1. The molecule has 0 bridgehead atoms. The number of nitrogens with one attached hydrogen (secondary N) is 2. The molecule has 1 fully saturated rings. The van der Waals surface area contributed by atoms with Crippen LogP contribution in [-0.2, 0) is 4.74 Å². The van der Waals surface area contributed by atoms with Crippen molar-refractivity contribution in [3.8, 4) is 0 Å². The number of fused-ring (bicyclic) bond motifs is 1. The number of hydrogen-bond donors (Lipinski definition) is 6. The summed E-state index contributed by atoms with van der Waals surface area (Å²) in [7, 11) is 0. The lowest BCUT2D eigenvalue weighted by atomic mass is 10.1. The Kier molecular flexibility index (Phi) is 3.55. The zero-order chi connectivity index (χ0) is 15.1. The van der Waals surface area contributed by atoms with E-state index in [2.05, 4.69) is 15.6 Å². The molecule has 2 aliphatic heterocycles. The summed E-state index contributed by atoms with van der Waals surface area (Å²) in [6.45, 7) is -0.480. The summed E-state index contributed by atoms with van der Waals surface area (Å²) < 4.78 is 6.73. The molecular formula is C11H16N4O6. The quantitative estimate of drug-likeness (QED) is 0.358. The van der Waals surface area contributed by atoms with Gasteiger partial charge in [0.15, 0.2) is 12.0 Å². The molecule has 5 atom stereocenters. The van der Waals surface area contributed by atoms with Gasteiger partial charge in [0.05, 0.1) is 25.2 Å². The molecule has 1 aromatic heterocycles. The van der Waals surface area contributed by atoms with Crippen LogP contribution in [-0.4, -0.2) is 67.5 Å². The molecule has 3 rings (SSSR count). The lowest BCUT2D eigenvalue weighted by Crippen LogP contribution is -2.33. The third-order valence-electron chi connectivity index (χ3n) is 3.63. The van der Waals surface area contributed by atoms with Crippen LogP contribution in [0, 0.1) is 0 Å². The number of anilines is 1. The molecule has 1 saturated heterocycles. The molecule has 0 aliphatic carbocycles. The summed E-state index contributed by atoms with van der Waals surface area (Å²) in [4.78, 5) is 15.4. The topological polar surface area (TPSA) is 149 Å². The maximum atomic E-state index is 11.4. The number of carbonyl (C=O) groups is 1. The minimum Gasteiger partial charge on any atom is -0.394 e. The molecule has 2 amide bonds. The fourth-order valence-corrected chi connectivity index (χ4v) is 2.55. The summed E-state index contributed by atoms with van der Waals surface area (Å²) >= 11 is 0. The van der Waals surface area contributed by atoms with Crippen molar-refractivity contribution in [2.24, 2.45) is 0 Å². The normalized spacial score (nSPS) is 35.8. The number of nitrogens with zero attached hydrogens (tertiary/aromatic N) is 2. The molecule has 3 heterocycles. The lowest BCUT2D eigenvalue weighted by molar-refractivity contribution is -0.0560. The number of imidazole rings is 1. The number of β-amino-alcohol motifs (C(OH)–C–C–N with tert-alkyl or cyclic N) is 1. The van der Waals surface area contributed by atoms with Crippen LogP contribution in [0.1, 0.15) is 18.0 Å². The molecule has 116 valence electrons.